The Morgan fingerprint density at radius 1 is 1.33 bits per heavy atom. The number of nitrogens with two attached hydrogens (primary N) is 1. The maximum Gasteiger partial charge on any atom is 0.270 e. The lowest BCUT2D eigenvalue weighted by molar-refractivity contribution is -0.132. The molecule has 0 spiro atoms. The number of fused-ring (bicyclic) bond motifs is 1. The molecule has 0 unspecified atom stereocenters. The Kier molecular flexibility index (Phi) is 5.87. The van der Waals surface area contributed by atoms with Crippen molar-refractivity contribution in [2.24, 2.45) is 0 Å². The summed E-state index contributed by atoms with van der Waals surface area (Å²) in [6.07, 6.45) is 0.669. The first kappa shape index (κ1) is 21.4. The number of rotatable bonds is 6. The van der Waals surface area contributed by atoms with Crippen LogP contribution in [0, 0.1) is 0 Å². The van der Waals surface area contributed by atoms with Crippen molar-refractivity contribution in [3.63, 3.8) is 0 Å². The van der Waals surface area contributed by atoms with Gasteiger partial charge in [-0.3, -0.25) is 9.59 Å². The third-order valence-corrected chi connectivity index (χ3v) is 5.01. The number of aromatic nitrogens is 1. The van der Waals surface area contributed by atoms with Crippen molar-refractivity contribution in [3.05, 3.63) is 30.0 Å². The van der Waals surface area contributed by atoms with Gasteiger partial charge in [0.05, 0.1) is 18.5 Å². The van der Waals surface area contributed by atoms with Gasteiger partial charge in [-0.15, -0.1) is 0 Å². The lowest BCUT2D eigenvalue weighted by Gasteiger charge is -2.39. The summed E-state index contributed by atoms with van der Waals surface area (Å²) in [6, 6.07) is 7.35. The maximum atomic E-state index is 13.1. The molecule has 0 saturated heterocycles. The van der Waals surface area contributed by atoms with Gasteiger partial charge in [0.15, 0.2) is 5.60 Å². The molecule has 0 saturated carbocycles. The summed E-state index contributed by atoms with van der Waals surface area (Å²) in [4.78, 5) is 30.4. The molecule has 2 aromatic rings. The lowest BCUT2D eigenvalue weighted by atomic mass is 9.97. The Bertz CT molecular complexity index is 962. The van der Waals surface area contributed by atoms with Gasteiger partial charge < -0.3 is 25.4 Å². The Morgan fingerprint density at radius 3 is 2.70 bits per heavy atom. The minimum absolute atomic E-state index is 0.144. The van der Waals surface area contributed by atoms with Gasteiger partial charge in [-0.05, 0) is 38.0 Å². The Balaban J connectivity index is 2.10. The van der Waals surface area contributed by atoms with Gasteiger partial charge in [0.1, 0.15) is 17.3 Å². The zero-order valence-corrected chi connectivity index (χ0v) is 18.0. The number of carbonyl (C=O) groups excluding carboxylic acids is 2. The molecule has 160 valence electrons. The largest absolute Gasteiger partial charge is 0.496 e. The number of ether oxygens (including phenoxy) is 2. The molecule has 2 heterocycles. The van der Waals surface area contributed by atoms with E-state index in [9.17, 15) is 9.59 Å². The quantitative estimate of drug-likeness (QED) is 0.755. The Morgan fingerprint density at radius 2 is 2.07 bits per heavy atom. The summed E-state index contributed by atoms with van der Waals surface area (Å²) in [5.41, 5.74) is 8.04. The first-order chi connectivity index (χ1) is 14.2. The summed E-state index contributed by atoms with van der Waals surface area (Å²) < 4.78 is 11.5. The number of aryl methyl sites for hydroxylation is 1. The number of hydrogen-bond acceptors (Lipinski definition) is 6. The molecule has 0 bridgehead atoms. The second-order valence-corrected chi connectivity index (χ2v) is 7.66. The first-order valence-electron chi connectivity index (χ1n) is 9.91. The molecule has 0 aliphatic carbocycles. The van der Waals surface area contributed by atoms with Crippen LogP contribution in [0.2, 0.25) is 0 Å². The van der Waals surface area contributed by atoms with E-state index in [1.165, 1.54) is 6.92 Å². The van der Waals surface area contributed by atoms with E-state index < -0.39 is 5.60 Å². The molecule has 3 N–H and O–H groups in total. The molecule has 0 atom stereocenters. The maximum absolute atomic E-state index is 13.1. The number of nitrogen functional groups attached to an aromatic ring is 1. The highest BCUT2D eigenvalue weighted by Gasteiger charge is 2.41. The van der Waals surface area contributed by atoms with Gasteiger partial charge in [0.25, 0.3) is 5.91 Å². The number of amides is 2. The highest BCUT2D eigenvalue weighted by atomic mass is 16.5. The van der Waals surface area contributed by atoms with E-state index in [1.807, 2.05) is 25.1 Å². The highest BCUT2D eigenvalue weighted by Crippen LogP contribution is 2.43. The smallest absolute Gasteiger partial charge is 0.270 e. The summed E-state index contributed by atoms with van der Waals surface area (Å²) in [5.74, 6) is 1.30. The number of nitrogens with zero attached hydrogens (tertiary/aromatic N) is 2. The fraction of sp³-hybridized carbons (Fsp3) is 0.409. The molecule has 8 heteroatoms. The monoisotopic (exact) mass is 412 g/mol. The summed E-state index contributed by atoms with van der Waals surface area (Å²) in [6.45, 7) is 7.59. The predicted molar refractivity (Wildman–Crippen MR) is 116 cm³/mol. The normalized spacial score (nSPS) is 14.7. The average Bonchev–Trinajstić information content (AvgIpc) is 2.69. The molecular weight excluding hydrogens is 384 g/mol. The lowest BCUT2D eigenvalue weighted by Crippen LogP contribution is -2.54. The molecule has 1 aromatic heterocycles. The molecule has 0 radical (unpaired) electrons. The molecule has 1 aliphatic heterocycles. The number of anilines is 2. The van der Waals surface area contributed by atoms with Gasteiger partial charge in [-0.1, -0.05) is 13.0 Å². The Hall–Kier alpha value is -3.29. The number of methoxy groups -OCH3 is 1. The molecule has 1 aliphatic rings. The minimum Gasteiger partial charge on any atom is -0.496 e. The number of benzene rings is 1. The van der Waals surface area contributed by atoms with Crippen LogP contribution in [-0.4, -0.2) is 42.6 Å². The van der Waals surface area contributed by atoms with E-state index in [4.69, 9.17) is 15.2 Å². The molecule has 0 fully saturated rings. The molecule has 1 aromatic carbocycles. The van der Waals surface area contributed by atoms with Crippen LogP contribution in [0.4, 0.5) is 11.5 Å². The van der Waals surface area contributed by atoms with Crippen molar-refractivity contribution in [2.45, 2.75) is 39.7 Å². The molecule has 30 heavy (non-hydrogen) atoms. The van der Waals surface area contributed by atoms with E-state index in [0.29, 0.717) is 42.5 Å². The zero-order valence-electron chi connectivity index (χ0n) is 18.0. The third kappa shape index (κ3) is 4.03. The van der Waals surface area contributed by atoms with Crippen LogP contribution in [-0.2, 0) is 16.0 Å². The average molecular weight is 412 g/mol. The number of hydrogen-bond donors (Lipinski definition) is 2. The van der Waals surface area contributed by atoms with Crippen LogP contribution < -0.4 is 25.4 Å². The van der Waals surface area contributed by atoms with Gasteiger partial charge in [-0.25, -0.2) is 4.98 Å². The third-order valence-electron chi connectivity index (χ3n) is 5.01. The zero-order chi connectivity index (χ0) is 22.1. The number of carbonyl (C=O) groups is 2. The second-order valence-electron chi connectivity index (χ2n) is 7.66. The van der Waals surface area contributed by atoms with Crippen molar-refractivity contribution in [1.82, 2.24) is 10.3 Å². The van der Waals surface area contributed by atoms with E-state index in [1.54, 1.807) is 31.9 Å². The standard InChI is InChI=1S/C22H28N4O4/c1-6-15-20(18(29-5)12-19(23)25-15)14-7-8-17-16(11-14)26(10-9-24-13(2)27)21(28)22(3,4)30-17/h7-8,11-12H,6,9-10H2,1-5H3,(H2,23,25)(H,24,27). The van der Waals surface area contributed by atoms with Crippen molar-refractivity contribution in [3.8, 4) is 22.6 Å². The molecule has 3 rings (SSSR count). The van der Waals surface area contributed by atoms with E-state index in [2.05, 4.69) is 10.3 Å². The van der Waals surface area contributed by atoms with Crippen LogP contribution in [0.3, 0.4) is 0 Å². The van der Waals surface area contributed by atoms with Gasteiger partial charge in [0, 0.05) is 31.6 Å². The number of nitrogens with one attached hydrogen (secondary N) is 1. The van der Waals surface area contributed by atoms with Crippen LogP contribution in [0.15, 0.2) is 24.3 Å². The summed E-state index contributed by atoms with van der Waals surface area (Å²) in [5, 5.41) is 2.74. The molecule has 8 nitrogen and oxygen atoms in total. The summed E-state index contributed by atoms with van der Waals surface area (Å²) >= 11 is 0. The van der Waals surface area contributed by atoms with Gasteiger partial charge >= 0.3 is 0 Å². The van der Waals surface area contributed by atoms with Crippen LogP contribution in [0.25, 0.3) is 11.1 Å². The molecule has 2 amide bonds. The van der Waals surface area contributed by atoms with Crippen molar-refractivity contribution >= 4 is 23.3 Å². The van der Waals surface area contributed by atoms with Crippen molar-refractivity contribution in [2.75, 3.05) is 30.8 Å². The van der Waals surface area contributed by atoms with Crippen molar-refractivity contribution in [1.29, 1.82) is 0 Å². The molecular formula is C22H28N4O4. The SMILES string of the molecule is CCc1nc(N)cc(OC)c1-c1ccc2c(c1)N(CCNC(C)=O)C(=O)C(C)(C)O2. The van der Waals surface area contributed by atoms with Gasteiger partial charge in [0.2, 0.25) is 5.91 Å². The van der Waals surface area contributed by atoms with Crippen LogP contribution in [0.5, 0.6) is 11.5 Å². The topological polar surface area (TPSA) is 107 Å². The predicted octanol–water partition coefficient (Wildman–Crippen LogP) is 2.54. The van der Waals surface area contributed by atoms with E-state index in [0.717, 1.165) is 16.8 Å². The fourth-order valence-corrected chi connectivity index (χ4v) is 3.61. The second kappa shape index (κ2) is 8.22. The first-order valence-corrected chi connectivity index (χ1v) is 9.91. The van der Waals surface area contributed by atoms with Gasteiger partial charge in [-0.2, -0.15) is 0 Å². The highest BCUT2D eigenvalue weighted by molar-refractivity contribution is 6.03. The van der Waals surface area contributed by atoms with Crippen LogP contribution in [0.1, 0.15) is 33.4 Å². The van der Waals surface area contributed by atoms with E-state index in [-0.39, 0.29) is 11.8 Å². The van der Waals surface area contributed by atoms with Crippen molar-refractivity contribution < 1.29 is 19.1 Å². The Labute approximate surface area is 176 Å². The van der Waals surface area contributed by atoms with E-state index >= 15 is 0 Å². The number of pyridine rings is 1. The summed E-state index contributed by atoms with van der Waals surface area (Å²) in [7, 11) is 1.59. The minimum atomic E-state index is -1.00. The fourth-order valence-electron chi connectivity index (χ4n) is 3.61. The van der Waals surface area contributed by atoms with Crippen LogP contribution >= 0.6 is 0 Å².